The van der Waals surface area contributed by atoms with E-state index >= 15 is 0 Å². The standard InChI is InChI=1S/C17H33BrOSi/c1-5-6-10-13-17(14-15-18,19-20(2,3)4)16-11-8-7-9-12-16/h14-16H,5-13H2,1-4H3. The van der Waals surface area contributed by atoms with Crippen molar-refractivity contribution in [1.82, 2.24) is 0 Å². The maximum atomic E-state index is 6.77. The second-order valence-corrected chi connectivity index (χ2v) is 12.2. The van der Waals surface area contributed by atoms with Gasteiger partial charge in [-0.1, -0.05) is 61.4 Å². The zero-order valence-electron chi connectivity index (χ0n) is 13.9. The lowest BCUT2D eigenvalue weighted by atomic mass is 9.74. The Balaban J connectivity index is 2.91. The van der Waals surface area contributed by atoms with Crippen molar-refractivity contribution in [3.63, 3.8) is 0 Å². The van der Waals surface area contributed by atoms with Crippen molar-refractivity contribution in [2.45, 2.75) is 90.0 Å². The van der Waals surface area contributed by atoms with Crippen LogP contribution in [-0.2, 0) is 4.43 Å². The molecule has 1 saturated carbocycles. The molecular formula is C17H33BrOSi. The Morgan fingerprint density at radius 3 is 2.30 bits per heavy atom. The van der Waals surface area contributed by atoms with Gasteiger partial charge in [-0.2, -0.15) is 0 Å². The van der Waals surface area contributed by atoms with E-state index < -0.39 is 8.32 Å². The SMILES string of the molecule is CCCCCC(C=CBr)(O[Si](C)(C)C)C1CCCCC1. The fourth-order valence-electron chi connectivity index (χ4n) is 3.51. The molecule has 1 aliphatic rings. The molecule has 1 aliphatic carbocycles. The van der Waals surface area contributed by atoms with Crippen molar-refractivity contribution in [2.75, 3.05) is 0 Å². The van der Waals surface area contributed by atoms with Gasteiger partial charge in [0.05, 0.1) is 5.60 Å². The molecule has 0 amide bonds. The monoisotopic (exact) mass is 360 g/mol. The Morgan fingerprint density at radius 1 is 1.15 bits per heavy atom. The molecule has 0 saturated heterocycles. The van der Waals surface area contributed by atoms with Crippen LogP contribution in [0.2, 0.25) is 19.6 Å². The minimum absolute atomic E-state index is 0.0104. The molecule has 1 fully saturated rings. The summed E-state index contributed by atoms with van der Waals surface area (Å²) in [5, 5.41) is 0. The van der Waals surface area contributed by atoms with E-state index in [2.05, 4.69) is 48.6 Å². The summed E-state index contributed by atoms with van der Waals surface area (Å²) >= 11 is 3.52. The van der Waals surface area contributed by atoms with Gasteiger partial charge in [0.15, 0.2) is 8.32 Å². The van der Waals surface area contributed by atoms with Crippen molar-refractivity contribution in [1.29, 1.82) is 0 Å². The summed E-state index contributed by atoms with van der Waals surface area (Å²) in [4.78, 5) is 2.05. The molecule has 0 aromatic heterocycles. The highest BCUT2D eigenvalue weighted by Gasteiger charge is 2.40. The maximum Gasteiger partial charge on any atom is 0.184 e. The Morgan fingerprint density at radius 2 is 1.80 bits per heavy atom. The van der Waals surface area contributed by atoms with Crippen LogP contribution in [0, 0.1) is 5.92 Å². The van der Waals surface area contributed by atoms with Crippen LogP contribution < -0.4 is 0 Å². The average molecular weight is 361 g/mol. The summed E-state index contributed by atoms with van der Waals surface area (Å²) in [6.45, 7) is 9.26. The topological polar surface area (TPSA) is 9.23 Å². The first-order valence-electron chi connectivity index (χ1n) is 8.41. The molecule has 0 aliphatic heterocycles. The Labute approximate surface area is 135 Å². The van der Waals surface area contributed by atoms with E-state index in [4.69, 9.17) is 4.43 Å². The Bertz CT molecular complexity index is 292. The fourth-order valence-corrected chi connectivity index (χ4v) is 5.44. The molecule has 20 heavy (non-hydrogen) atoms. The van der Waals surface area contributed by atoms with Crippen LogP contribution in [0.5, 0.6) is 0 Å². The van der Waals surface area contributed by atoms with Gasteiger partial charge in [0, 0.05) is 0 Å². The van der Waals surface area contributed by atoms with E-state index in [0.29, 0.717) is 5.92 Å². The molecular weight excluding hydrogens is 328 g/mol. The molecule has 3 heteroatoms. The van der Waals surface area contributed by atoms with Gasteiger partial charge in [0.1, 0.15) is 0 Å². The largest absolute Gasteiger partial charge is 0.408 e. The highest BCUT2D eigenvalue weighted by atomic mass is 79.9. The lowest BCUT2D eigenvalue weighted by molar-refractivity contribution is 0.0185. The predicted molar refractivity (Wildman–Crippen MR) is 95.9 cm³/mol. The molecule has 1 unspecified atom stereocenters. The minimum Gasteiger partial charge on any atom is -0.408 e. The van der Waals surface area contributed by atoms with Gasteiger partial charge in [-0.05, 0) is 55.9 Å². The first kappa shape index (κ1) is 18.4. The second kappa shape index (κ2) is 8.75. The van der Waals surface area contributed by atoms with Gasteiger partial charge >= 0.3 is 0 Å². The van der Waals surface area contributed by atoms with E-state index in [-0.39, 0.29) is 5.60 Å². The third-order valence-electron chi connectivity index (χ3n) is 4.31. The van der Waals surface area contributed by atoms with Gasteiger partial charge in [0.25, 0.3) is 0 Å². The van der Waals surface area contributed by atoms with E-state index in [1.807, 2.05) is 4.99 Å². The third-order valence-corrected chi connectivity index (χ3v) is 5.57. The molecule has 0 bridgehead atoms. The number of hydrogen-bond acceptors (Lipinski definition) is 1. The first-order valence-corrected chi connectivity index (χ1v) is 12.7. The van der Waals surface area contributed by atoms with Gasteiger partial charge in [-0.3, -0.25) is 0 Å². The third kappa shape index (κ3) is 6.03. The zero-order chi connectivity index (χ0) is 15.1. The number of halogens is 1. The molecule has 1 atom stereocenters. The van der Waals surface area contributed by atoms with Gasteiger partial charge in [-0.25, -0.2) is 0 Å². The lowest BCUT2D eigenvalue weighted by Crippen LogP contribution is -2.47. The lowest BCUT2D eigenvalue weighted by Gasteiger charge is -2.45. The Kier molecular flexibility index (Phi) is 8.07. The highest BCUT2D eigenvalue weighted by Crippen LogP contribution is 2.41. The molecule has 0 aromatic carbocycles. The van der Waals surface area contributed by atoms with Crippen molar-refractivity contribution in [3.05, 3.63) is 11.1 Å². The van der Waals surface area contributed by atoms with E-state index in [9.17, 15) is 0 Å². The molecule has 118 valence electrons. The maximum absolute atomic E-state index is 6.77. The molecule has 0 aromatic rings. The van der Waals surface area contributed by atoms with Crippen LogP contribution in [0.25, 0.3) is 0 Å². The number of hydrogen-bond donors (Lipinski definition) is 0. The highest BCUT2D eigenvalue weighted by molar-refractivity contribution is 9.11. The summed E-state index contributed by atoms with van der Waals surface area (Å²) in [5.74, 6) is 0.716. The van der Waals surface area contributed by atoms with Crippen molar-refractivity contribution in [3.8, 4) is 0 Å². The van der Waals surface area contributed by atoms with Crippen molar-refractivity contribution in [2.24, 2.45) is 5.92 Å². The van der Waals surface area contributed by atoms with Crippen molar-refractivity contribution >= 4 is 24.2 Å². The number of rotatable bonds is 8. The molecule has 0 radical (unpaired) electrons. The summed E-state index contributed by atoms with van der Waals surface area (Å²) in [6.07, 6.45) is 14.3. The van der Waals surface area contributed by atoms with Gasteiger partial charge < -0.3 is 4.43 Å². The number of unbranched alkanes of at least 4 members (excludes halogenated alkanes) is 2. The van der Waals surface area contributed by atoms with Gasteiger partial charge in [0.2, 0.25) is 0 Å². The normalized spacial score (nSPS) is 21.2. The van der Waals surface area contributed by atoms with Crippen LogP contribution in [0.3, 0.4) is 0 Å². The summed E-state index contributed by atoms with van der Waals surface area (Å²) in [7, 11) is -1.55. The molecule has 1 rings (SSSR count). The first-order chi connectivity index (χ1) is 9.43. The molecule has 0 N–H and O–H groups in total. The Hall–Kier alpha value is 0.397. The quantitative estimate of drug-likeness (QED) is 0.347. The van der Waals surface area contributed by atoms with E-state index in [1.54, 1.807) is 0 Å². The summed E-state index contributed by atoms with van der Waals surface area (Å²) in [6, 6.07) is 0. The van der Waals surface area contributed by atoms with E-state index in [1.165, 1.54) is 57.8 Å². The van der Waals surface area contributed by atoms with Crippen LogP contribution in [0.1, 0.15) is 64.7 Å². The molecule has 0 spiro atoms. The summed E-state index contributed by atoms with van der Waals surface area (Å²) in [5.41, 5.74) is -0.0104. The zero-order valence-corrected chi connectivity index (χ0v) is 16.5. The van der Waals surface area contributed by atoms with E-state index in [0.717, 1.165) is 0 Å². The van der Waals surface area contributed by atoms with Crippen LogP contribution >= 0.6 is 15.9 Å². The second-order valence-electron chi connectivity index (χ2n) is 7.25. The fraction of sp³-hybridized carbons (Fsp3) is 0.882. The average Bonchev–Trinajstić information content (AvgIpc) is 2.38. The minimum atomic E-state index is -1.55. The predicted octanol–water partition coefficient (Wildman–Crippen LogP) is 6.65. The van der Waals surface area contributed by atoms with Crippen LogP contribution in [-0.4, -0.2) is 13.9 Å². The molecule has 1 nitrogen and oxygen atoms in total. The smallest absolute Gasteiger partial charge is 0.184 e. The van der Waals surface area contributed by atoms with Crippen LogP contribution in [0.15, 0.2) is 11.1 Å². The van der Waals surface area contributed by atoms with Crippen LogP contribution in [0.4, 0.5) is 0 Å². The van der Waals surface area contributed by atoms with Gasteiger partial charge in [-0.15, -0.1) is 0 Å². The molecule has 0 heterocycles. The van der Waals surface area contributed by atoms with Crippen molar-refractivity contribution < 1.29 is 4.43 Å². The summed E-state index contributed by atoms with van der Waals surface area (Å²) < 4.78 is 6.77.